The highest BCUT2D eigenvalue weighted by atomic mass is 16.5. The number of hydrogen-bond acceptors (Lipinski definition) is 6. The molecule has 7 heteroatoms. The third-order valence-electron chi connectivity index (χ3n) is 3.06. The van der Waals surface area contributed by atoms with Gasteiger partial charge in [-0.3, -0.25) is 0 Å². The number of phenols is 1. The molecular weight excluding hydrogens is 300 g/mol. The maximum absolute atomic E-state index is 11.5. The third kappa shape index (κ3) is 3.70. The van der Waals surface area contributed by atoms with E-state index in [1.165, 1.54) is 25.3 Å². The number of ether oxygens (including phenoxy) is 1. The first-order valence-electron chi connectivity index (χ1n) is 6.59. The minimum atomic E-state index is -1.25. The van der Waals surface area contributed by atoms with Gasteiger partial charge in [0.25, 0.3) is 0 Å². The number of hydrogen-bond donors (Lipinski definition) is 2. The van der Waals surface area contributed by atoms with Gasteiger partial charge in [-0.2, -0.15) is 10.2 Å². The largest absolute Gasteiger partial charge is 0.507 e. The van der Waals surface area contributed by atoms with E-state index in [-0.39, 0.29) is 17.0 Å². The number of azo groups is 1. The maximum Gasteiger partial charge on any atom is 0.339 e. The van der Waals surface area contributed by atoms with Crippen molar-refractivity contribution < 1.29 is 24.5 Å². The zero-order chi connectivity index (χ0) is 17.0. The molecule has 0 unspecified atom stereocenters. The topological polar surface area (TPSA) is 109 Å². The van der Waals surface area contributed by atoms with Crippen LogP contribution in [-0.2, 0) is 4.74 Å². The fourth-order valence-corrected chi connectivity index (χ4v) is 1.91. The lowest BCUT2D eigenvalue weighted by Gasteiger charge is -2.04. The van der Waals surface area contributed by atoms with E-state index in [1.54, 1.807) is 25.1 Å². The summed E-state index contributed by atoms with van der Waals surface area (Å²) in [6.45, 7) is 1.57. The first kappa shape index (κ1) is 16.2. The zero-order valence-electron chi connectivity index (χ0n) is 12.5. The first-order chi connectivity index (χ1) is 10.9. The van der Waals surface area contributed by atoms with Crippen LogP contribution in [0.25, 0.3) is 0 Å². The quantitative estimate of drug-likeness (QED) is 0.662. The molecule has 0 radical (unpaired) electrons. The van der Waals surface area contributed by atoms with Crippen LogP contribution in [-0.4, -0.2) is 29.3 Å². The summed E-state index contributed by atoms with van der Waals surface area (Å²) in [5.41, 5.74) is 1.15. The number of aromatic hydroxyl groups is 1. The monoisotopic (exact) mass is 314 g/mol. The van der Waals surface area contributed by atoms with Gasteiger partial charge in [-0.05, 0) is 42.8 Å². The number of rotatable bonds is 4. The molecule has 0 aliphatic carbocycles. The van der Waals surface area contributed by atoms with Crippen molar-refractivity contribution in [2.45, 2.75) is 6.92 Å². The van der Waals surface area contributed by atoms with E-state index < -0.39 is 11.9 Å². The van der Waals surface area contributed by atoms with Gasteiger partial charge >= 0.3 is 11.9 Å². The Morgan fingerprint density at radius 3 is 2.43 bits per heavy atom. The molecule has 0 saturated carbocycles. The Hall–Kier alpha value is -3.22. The van der Waals surface area contributed by atoms with Crippen LogP contribution in [0.15, 0.2) is 46.6 Å². The molecule has 0 heterocycles. The summed E-state index contributed by atoms with van der Waals surface area (Å²) >= 11 is 0. The molecule has 2 rings (SSSR count). The molecule has 0 saturated heterocycles. The summed E-state index contributed by atoms with van der Waals surface area (Å²) in [7, 11) is 1.28. The fraction of sp³-hybridized carbons (Fsp3) is 0.125. The Morgan fingerprint density at radius 2 is 1.78 bits per heavy atom. The van der Waals surface area contributed by atoms with Crippen molar-refractivity contribution in [3.05, 3.63) is 53.1 Å². The number of aryl methyl sites for hydroxylation is 1. The molecule has 0 fully saturated rings. The number of aromatic carboxylic acids is 1. The molecule has 23 heavy (non-hydrogen) atoms. The number of carboxylic acid groups (broad SMARTS) is 1. The molecule has 118 valence electrons. The van der Waals surface area contributed by atoms with Crippen molar-refractivity contribution in [3.8, 4) is 5.75 Å². The van der Waals surface area contributed by atoms with Crippen LogP contribution in [0.3, 0.4) is 0 Å². The third-order valence-corrected chi connectivity index (χ3v) is 3.06. The van der Waals surface area contributed by atoms with Gasteiger partial charge in [-0.25, -0.2) is 9.59 Å². The highest BCUT2D eigenvalue weighted by Gasteiger charge is 2.13. The van der Waals surface area contributed by atoms with E-state index in [1.807, 2.05) is 0 Å². The van der Waals surface area contributed by atoms with Gasteiger partial charge in [0.1, 0.15) is 11.3 Å². The minimum absolute atomic E-state index is 0.248. The summed E-state index contributed by atoms with van der Waals surface area (Å²) in [6.07, 6.45) is 0. The van der Waals surface area contributed by atoms with Gasteiger partial charge in [0.05, 0.1) is 24.0 Å². The molecule has 7 nitrogen and oxygen atoms in total. The Kier molecular flexibility index (Phi) is 4.70. The number of carboxylic acids is 1. The van der Waals surface area contributed by atoms with E-state index in [2.05, 4.69) is 15.0 Å². The lowest BCUT2D eigenvalue weighted by Crippen LogP contribution is -1.99. The number of benzene rings is 2. The van der Waals surface area contributed by atoms with Gasteiger partial charge in [0.15, 0.2) is 0 Å². The fourth-order valence-electron chi connectivity index (χ4n) is 1.91. The van der Waals surface area contributed by atoms with Crippen LogP contribution < -0.4 is 0 Å². The lowest BCUT2D eigenvalue weighted by atomic mass is 10.1. The minimum Gasteiger partial charge on any atom is -0.507 e. The van der Waals surface area contributed by atoms with Crippen molar-refractivity contribution in [1.82, 2.24) is 0 Å². The molecule has 0 aliphatic heterocycles. The summed E-state index contributed by atoms with van der Waals surface area (Å²) in [5, 5.41) is 26.7. The lowest BCUT2D eigenvalue weighted by molar-refractivity contribution is 0.0599. The van der Waals surface area contributed by atoms with Gasteiger partial charge in [0, 0.05) is 0 Å². The predicted octanol–water partition coefficient (Wildman–Crippen LogP) is 3.60. The number of methoxy groups -OCH3 is 1. The van der Waals surface area contributed by atoms with Crippen molar-refractivity contribution in [2.24, 2.45) is 10.2 Å². The van der Waals surface area contributed by atoms with Gasteiger partial charge in [0.2, 0.25) is 0 Å². The number of esters is 1. The van der Waals surface area contributed by atoms with Crippen LogP contribution in [0.2, 0.25) is 0 Å². The summed E-state index contributed by atoms with van der Waals surface area (Å²) in [4.78, 5) is 22.5. The summed E-state index contributed by atoms with van der Waals surface area (Å²) in [5.74, 6) is -2.05. The van der Waals surface area contributed by atoms with Crippen LogP contribution in [0.5, 0.6) is 5.75 Å². The Bertz CT molecular complexity index is 799. The van der Waals surface area contributed by atoms with Crippen LogP contribution in [0.1, 0.15) is 26.3 Å². The highest BCUT2D eigenvalue weighted by molar-refractivity contribution is 5.92. The second kappa shape index (κ2) is 6.69. The van der Waals surface area contributed by atoms with Crippen LogP contribution in [0.4, 0.5) is 11.4 Å². The average Bonchev–Trinajstić information content (AvgIpc) is 2.55. The summed E-state index contributed by atoms with van der Waals surface area (Å²) < 4.78 is 4.62. The number of carbonyl (C=O) groups excluding carboxylic acids is 1. The Morgan fingerprint density at radius 1 is 1.09 bits per heavy atom. The highest BCUT2D eigenvalue weighted by Crippen LogP contribution is 2.29. The maximum atomic E-state index is 11.5. The van der Waals surface area contributed by atoms with Crippen LogP contribution >= 0.6 is 0 Å². The second-order valence-corrected chi connectivity index (χ2v) is 4.71. The molecule has 0 amide bonds. The first-order valence-corrected chi connectivity index (χ1v) is 6.59. The van der Waals surface area contributed by atoms with Crippen molar-refractivity contribution >= 4 is 23.3 Å². The molecule has 0 atom stereocenters. The molecule has 0 aliphatic rings. The molecule has 0 aromatic heterocycles. The van der Waals surface area contributed by atoms with E-state index >= 15 is 0 Å². The van der Waals surface area contributed by atoms with Gasteiger partial charge in [-0.15, -0.1) is 0 Å². The second-order valence-electron chi connectivity index (χ2n) is 4.71. The van der Waals surface area contributed by atoms with E-state index in [4.69, 9.17) is 5.11 Å². The molecule has 0 spiro atoms. The SMILES string of the molecule is COC(=O)c1cccc(N=Nc2cc(C)c(O)c(C(=O)O)c2)c1. The van der Waals surface area contributed by atoms with Crippen molar-refractivity contribution in [3.63, 3.8) is 0 Å². The normalized spacial score (nSPS) is 10.7. The van der Waals surface area contributed by atoms with Gasteiger partial charge in [-0.1, -0.05) is 6.07 Å². The average molecular weight is 314 g/mol. The standard InChI is InChI=1S/C16H14N2O5/c1-9-6-12(8-13(14(9)19)15(20)21)18-17-11-5-3-4-10(7-11)16(22)23-2/h3-8,19H,1-2H3,(H,20,21). The van der Waals surface area contributed by atoms with E-state index in [9.17, 15) is 14.7 Å². The zero-order valence-corrected chi connectivity index (χ0v) is 12.5. The van der Waals surface area contributed by atoms with Gasteiger partial charge < -0.3 is 14.9 Å². The Balaban J connectivity index is 2.34. The van der Waals surface area contributed by atoms with E-state index in [0.29, 0.717) is 16.8 Å². The molecule has 2 aromatic rings. The number of carbonyl (C=O) groups is 2. The molecule has 0 bridgehead atoms. The summed E-state index contributed by atoms with van der Waals surface area (Å²) in [6, 6.07) is 9.08. The van der Waals surface area contributed by atoms with Crippen LogP contribution in [0, 0.1) is 6.92 Å². The Labute approximate surface area is 131 Å². The predicted molar refractivity (Wildman–Crippen MR) is 81.8 cm³/mol. The molecule has 2 aromatic carbocycles. The number of nitrogens with zero attached hydrogens (tertiary/aromatic N) is 2. The van der Waals surface area contributed by atoms with Crippen molar-refractivity contribution in [1.29, 1.82) is 0 Å². The van der Waals surface area contributed by atoms with E-state index in [0.717, 1.165) is 0 Å². The molecular formula is C16H14N2O5. The van der Waals surface area contributed by atoms with Crippen molar-refractivity contribution in [2.75, 3.05) is 7.11 Å². The molecule has 2 N–H and O–H groups in total. The smallest absolute Gasteiger partial charge is 0.339 e.